The third-order valence-corrected chi connectivity index (χ3v) is 15.5. The zero-order chi connectivity index (χ0) is 62.9. The lowest BCUT2D eigenvalue weighted by Crippen LogP contribution is -2.14. The van der Waals surface area contributed by atoms with Gasteiger partial charge in [0.05, 0.1) is 33.5 Å². The Morgan fingerprint density at radius 3 is 1.03 bits per heavy atom. The van der Waals surface area contributed by atoms with Crippen molar-refractivity contribution < 1.29 is 0 Å². The molecule has 0 aliphatic heterocycles. The Kier molecular flexibility index (Phi) is 19.2. The first-order valence-electron chi connectivity index (χ1n) is 30.7. The maximum absolute atomic E-state index is 4.95. The second-order valence-electron chi connectivity index (χ2n) is 27.6. The lowest BCUT2D eigenvalue weighted by atomic mass is 9.88. The summed E-state index contributed by atoms with van der Waals surface area (Å²) in [6, 6.07) is 79.8. The highest BCUT2D eigenvalue weighted by Gasteiger charge is 2.21. The third kappa shape index (κ3) is 15.4. The summed E-state index contributed by atoms with van der Waals surface area (Å²) < 4.78 is 4.51. The van der Waals surface area contributed by atoms with E-state index in [1.54, 1.807) is 6.20 Å². The van der Waals surface area contributed by atoms with Crippen molar-refractivity contribution in [3.05, 3.63) is 283 Å². The number of rotatable bonds is 4. The fourth-order valence-electron chi connectivity index (χ4n) is 10.3. The highest BCUT2D eigenvalue weighted by atomic mass is 15.1. The number of nitrogens with zero attached hydrogens (tertiary/aromatic N) is 7. The standard InChI is InChI=1S/2C21H20N2.2C15H17N.C9H13N/c1-21(2,3)19-13-8-14-20(22-19)23-17-11-6-4-9-15(17)16-10-5-7-12-18(16)23;1-21(2,3)15-12-13-20(22-14-15)23-18-10-6-4-8-16(18)17-9-5-7-11-19(17)23;1-15(2,3)14-11-7-10-13(16-14)12-8-5-4-6-9-12;1-15(2,3)13-9-10-14(16-11-13)12-7-5-4-6-8-12;1-9(2,3)8-5-4-6-10-7-8/h2*4-14H,1-3H3;2*4-11H,1-3H3;4-7H,1-3H3. The summed E-state index contributed by atoms with van der Waals surface area (Å²) in [5.74, 6) is 1.95. The fraction of sp³-hybridized carbons (Fsp3) is 0.247. The Labute approximate surface area is 523 Å². The Bertz CT molecular complexity index is 4250. The largest absolute Gasteiger partial charge is 0.294 e. The van der Waals surface area contributed by atoms with Gasteiger partial charge in [-0.2, -0.15) is 0 Å². The second-order valence-corrected chi connectivity index (χ2v) is 27.6. The monoisotopic (exact) mass is 1160 g/mol. The smallest absolute Gasteiger partial charge is 0.137 e. The summed E-state index contributed by atoms with van der Waals surface area (Å²) in [7, 11) is 0. The van der Waals surface area contributed by atoms with E-state index in [0.29, 0.717) is 0 Å². The van der Waals surface area contributed by atoms with Gasteiger partial charge in [-0.15, -0.1) is 0 Å². The van der Waals surface area contributed by atoms with E-state index in [2.05, 4.69) is 311 Å². The Hall–Kier alpha value is -9.33. The van der Waals surface area contributed by atoms with E-state index in [1.165, 1.54) is 71.4 Å². The molecule has 0 aliphatic carbocycles. The minimum Gasteiger partial charge on any atom is -0.294 e. The molecule has 0 radical (unpaired) electrons. The van der Waals surface area contributed by atoms with Gasteiger partial charge in [0.15, 0.2) is 0 Å². The van der Waals surface area contributed by atoms with Gasteiger partial charge in [0.25, 0.3) is 0 Å². The van der Waals surface area contributed by atoms with E-state index >= 15 is 0 Å². The zero-order valence-electron chi connectivity index (χ0n) is 54.4. The second kappa shape index (κ2) is 26.7. The molecule has 0 spiro atoms. The lowest BCUT2D eigenvalue weighted by molar-refractivity contribution is 0.568. The molecule has 0 saturated carbocycles. The van der Waals surface area contributed by atoms with Crippen LogP contribution in [0.1, 0.15) is 132 Å². The van der Waals surface area contributed by atoms with Crippen LogP contribution in [0.4, 0.5) is 0 Å². The van der Waals surface area contributed by atoms with Gasteiger partial charge in [-0.05, 0) is 99.7 Å². The van der Waals surface area contributed by atoms with Gasteiger partial charge >= 0.3 is 0 Å². The van der Waals surface area contributed by atoms with Crippen LogP contribution in [0.25, 0.3) is 77.8 Å². The predicted octanol–water partition coefficient (Wildman–Crippen LogP) is 21.4. The first-order valence-corrected chi connectivity index (χ1v) is 30.7. The molecule has 0 aliphatic rings. The van der Waals surface area contributed by atoms with E-state index < -0.39 is 0 Å². The third-order valence-electron chi connectivity index (χ3n) is 15.5. The van der Waals surface area contributed by atoms with Gasteiger partial charge < -0.3 is 0 Å². The van der Waals surface area contributed by atoms with Gasteiger partial charge in [-0.25, -0.2) is 9.97 Å². The van der Waals surface area contributed by atoms with Crippen molar-refractivity contribution in [2.45, 2.75) is 131 Å². The average molecular weight is 1160 g/mol. The molecule has 7 heteroatoms. The molecule has 0 atom stereocenters. The van der Waals surface area contributed by atoms with Gasteiger partial charge in [0.2, 0.25) is 0 Å². The summed E-state index contributed by atoms with van der Waals surface area (Å²) in [6.45, 7) is 32.9. The van der Waals surface area contributed by atoms with Crippen molar-refractivity contribution in [1.82, 2.24) is 34.1 Å². The maximum Gasteiger partial charge on any atom is 0.137 e. The van der Waals surface area contributed by atoms with E-state index in [4.69, 9.17) is 15.0 Å². The van der Waals surface area contributed by atoms with Crippen molar-refractivity contribution >= 4 is 43.6 Å². The Morgan fingerprint density at radius 1 is 0.261 bits per heavy atom. The molecule has 88 heavy (non-hydrogen) atoms. The summed E-state index contributed by atoms with van der Waals surface area (Å²) in [4.78, 5) is 23.0. The minimum atomic E-state index is 0.0365. The van der Waals surface area contributed by atoms with Crippen molar-refractivity contribution in [3.8, 4) is 34.2 Å². The van der Waals surface area contributed by atoms with Crippen LogP contribution in [0.15, 0.2) is 255 Å². The molecule has 0 N–H and O–H groups in total. The molecule has 6 aromatic carbocycles. The molecule has 7 aromatic heterocycles. The number of aromatic nitrogens is 7. The summed E-state index contributed by atoms with van der Waals surface area (Å²) in [5, 5.41) is 5.08. The molecule has 0 amide bonds. The quantitative estimate of drug-likeness (QED) is 0.176. The molecule has 7 nitrogen and oxygen atoms in total. The number of benzene rings is 6. The van der Waals surface area contributed by atoms with Crippen LogP contribution in [0.5, 0.6) is 0 Å². The summed E-state index contributed by atoms with van der Waals surface area (Å²) in [6.07, 6.45) is 7.69. The first-order chi connectivity index (χ1) is 41.9. The van der Waals surface area contributed by atoms with Crippen molar-refractivity contribution in [2.24, 2.45) is 0 Å². The van der Waals surface area contributed by atoms with Crippen LogP contribution in [-0.4, -0.2) is 34.1 Å². The highest BCUT2D eigenvalue weighted by molar-refractivity contribution is 6.10. The van der Waals surface area contributed by atoms with Crippen LogP contribution in [-0.2, 0) is 27.1 Å². The number of para-hydroxylation sites is 4. The van der Waals surface area contributed by atoms with Crippen LogP contribution < -0.4 is 0 Å². The molecular formula is C81H87N7. The fourth-order valence-corrected chi connectivity index (χ4v) is 10.3. The van der Waals surface area contributed by atoms with Gasteiger partial charge in [-0.1, -0.05) is 268 Å². The molecule has 0 unspecified atom stereocenters. The highest BCUT2D eigenvalue weighted by Crippen LogP contribution is 2.34. The van der Waals surface area contributed by atoms with E-state index in [1.807, 2.05) is 61.1 Å². The lowest BCUT2D eigenvalue weighted by Gasteiger charge is -2.19. The van der Waals surface area contributed by atoms with Crippen LogP contribution in [0.3, 0.4) is 0 Å². The SMILES string of the molecule is CC(C)(C)c1ccc(-c2ccccc2)nc1.CC(C)(C)c1ccc(-n2c3ccccc3c3ccccc32)nc1.CC(C)(C)c1cccc(-c2ccccc2)n1.CC(C)(C)c1cccc(-n2c3ccccc3c3ccccc32)n1.CC(C)(C)c1cccnc1. The maximum atomic E-state index is 4.95. The Balaban J connectivity index is 0.000000134. The predicted molar refractivity (Wildman–Crippen MR) is 374 cm³/mol. The molecule has 0 saturated heterocycles. The van der Waals surface area contributed by atoms with Crippen LogP contribution >= 0.6 is 0 Å². The van der Waals surface area contributed by atoms with Crippen LogP contribution in [0.2, 0.25) is 0 Å². The normalized spacial score (nSPS) is 11.8. The van der Waals surface area contributed by atoms with Crippen molar-refractivity contribution in [1.29, 1.82) is 0 Å². The number of hydrogen-bond acceptors (Lipinski definition) is 5. The topological polar surface area (TPSA) is 74.3 Å². The average Bonchev–Trinajstić information content (AvgIpc) is 1.95. The molecule has 13 aromatic rings. The number of pyridine rings is 5. The minimum absolute atomic E-state index is 0.0365. The van der Waals surface area contributed by atoms with E-state index in [-0.39, 0.29) is 27.1 Å². The first kappa shape index (κ1) is 63.2. The summed E-state index contributed by atoms with van der Waals surface area (Å²) in [5.41, 5.74) is 15.9. The molecule has 446 valence electrons. The van der Waals surface area contributed by atoms with Gasteiger partial charge in [-0.3, -0.25) is 24.1 Å². The van der Waals surface area contributed by atoms with E-state index in [9.17, 15) is 0 Å². The van der Waals surface area contributed by atoms with Gasteiger partial charge in [0, 0.05) is 79.7 Å². The summed E-state index contributed by atoms with van der Waals surface area (Å²) >= 11 is 0. The molecular weight excluding hydrogens is 1070 g/mol. The zero-order valence-corrected chi connectivity index (χ0v) is 54.4. The Morgan fingerprint density at radius 2 is 0.648 bits per heavy atom. The molecule has 0 fully saturated rings. The van der Waals surface area contributed by atoms with E-state index in [0.717, 1.165) is 34.4 Å². The molecule has 13 rings (SSSR count). The molecule has 7 heterocycles. The number of hydrogen-bond donors (Lipinski definition) is 0. The van der Waals surface area contributed by atoms with Gasteiger partial charge in [0.1, 0.15) is 11.6 Å². The van der Waals surface area contributed by atoms with Crippen molar-refractivity contribution in [3.63, 3.8) is 0 Å². The van der Waals surface area contributed by atoms with Crippen LogP contribution in [0, 0.1) is 0 Å². The number of fused-ring (bicyclic) bond motifs is 6. The molecule has 0 bridgehead atoms. The van der Waals surface area contributed by atoms with Crippen molar-refractivity contribution in [2.75, 3.05) is 0 Å².